The SMILES string of the molecule is Cc1ccc(N2CCN(C(=O)Cc3ccc(Oc4ccccc4)cc3)CC2c2ccc(Cl)cc2)c(Cl)c1. The molecule has 6 heteroatoms. The van der Waals surface area contributed by atoms with Gasteiger partial charge in [-0.25, -0.2) is 0 Å². The lowest BCUT2D eigenvalue weighted by Gasteiger charge is -2.43. The molecule has 188 valence electrons. The zero-order chi connectivity index (χ0) is 25.8. The van der Waals surface area contributed by atoms with Gasteiger partial charge in [0.05, 0.1) is 23.2 Å². The number of nitrogens with zero attached hydrogens (tertiary/aromatic N) is 2. The Bertz CT molecular complexity index is 1360. The van der Waals surface area contributed by atoms with E-state index in [0.717, 1.165) is 38.9 Å². The van der Waals surface area contributed by atoms with Crippen molar-refractivity contribution >= 4 is 34.8 Å². The molecule has 1 saturated heterocycles. The largest absolute Gasteiger partial charge is 0.457 e. The number of benzene rings is 4. The van der Waals surface area contributed by atoms with Crippen molar-refractivity contribution in [1.82, 2.24) is 4.90 Å². The molecule has 1 unspecified atom stereocenters. The van der Waals surface area contributed by atoms with Crippen LogP contribution in [0.4, 0.5) is 5.69 Å². The van der Waals surface area contributed by atoms with Crippen molar-refractivity contribution < 1.29 is 9.53 Å². The first-order valence-corrected chi connectivity index (χ1v) is 13.1. The zero-order valence-corrected chi connectivity index (χ0v) is 22.1. The summed E-state index contributed by atoms with van der Waals surface area (Å²) in [6, 6.07) is 31.3. The summed E-state index contributed by atoms with van der Waals surface area (Å²) < 4.78 is 5.88. The Morgan fingerprint density at radius 3 is 2.27 bits per heavy atom. The number of rotatable bonds is 6. The number of amides is 1. The standard InChI is InChI=1S/C31H28Cl2N2O2/c1-22-7-16-29(28(33)19-22)35-18-17-34(21-30(35)24-10-12-25(32)13-11-24)31(36)20-23-8-14-27(15-9-23)37-26-5-3-2-4-6-26/h2-16,19,30H,17-18,20-21H2,1H3. The molecule has 0 aliphatic carbocycles. The molecule has 5 rings (SSSR count). The first-order valence-electron chi connectivity index (χ1n) is 12.3. The maximum absolute atomic E-state index is 13.4. The first kappa shape index (κ1) is 25.2. The van der Waals surface area contributed by atoms with Gasteiger partial charge >= 0.3 is 0 Å². The Hall–Kier alpha value is -3.47. The molecule has 1 aliphatic rings. The summed E-state index contributed by atoms with van der Waals surface area (Å²) in [6.45, 7) is 3.91. The van der Waals surface area contributed by atoms with E-state index in [0.29, 0.717) is 31.1 Å². The van der Waals surface area contributed by atoms with E-state index in [1.54, 1.807) is 0 Å². The third kappa shape index (κ3) is 6.10. The van der Waals surface area contributed by atoms with Crippen LogP contribution in [0.2, 0.25) is 10.0 Å². The highest BCUT2D eigenvalue weighted by Crippen LogP contribution is 2.36. The molecule has 0 spiro atoms. The van der Waals surface area contributed by atoms with Crippen molar-refractivity contribution in [3.05, 3.63) is 124 Å². The van der Waals surface area contributed by atoms with Crippen LogP contribution in [-0.4, -0.2) is 30.4 Å². The normalized spacial score (nSPS) is 15.5. The van der Waals surface area contributed by atoms with Gasteiger partial charge in [-0.1, -0.05) is 71.7 Å². The highest BCUT2D eigenvalue weighted by Gasteiger charge is 2.31. The molecule has 1 amide bonds. The second-order valence-corrected chi connectivity index (χ2v) is 10.1. The summed E-state index contributed by atoms with van der Waals surface area (Å²) in [5.74, 6) is 1.63. The number of aryl methyl sites for hydroxylation is 1. The molecule has 1 atom stereocenters. The van der Waals surface area contributed by atoms with Gasteiger partial charge in [0.15, 0.2) is 0 Å². The van der Waals surface area contributed by atoms with E-state index in [-0.39, 0.29) is 11.9 Å². The van der Waals surface area contributed by atoms with Crippen molar-refractivity contribution in [2.45, 2.75) is 19.4 Å². The Morgan fingerprint density at radius 1 is 0.865 bits per heavy atom. The highest BCUT2D eigenvalue weighted by atomic mass is 35.5. The number of para-hydroxylation sites is 1. The van der Waals surface area contributed by atoms with E-state index in [1.807, 2.05) is 96.8 Å². The number of anilines is 1. The molecule has 4 aromatic rings. The maximum Gasteiger partial charge on any atom is 0.227 e. The average Bonchev–Trinajstić information content (AvgIpc) is 2.91. The minimum Gasteiger partial charge on any atom is -0.457 e. The topological polar surface area (TPSA) is 32.8 Å². The quantitative estimate of drug-likeness (QED) is 0.255. The number of hydrogen-bond acceptors (Lipinski definition) is 3. The molecular formula is C31H28Cl2N2O2. The van der Waals surface area contributed by atoms with Gasteiger partial charge in [-0.2, -0.15) is 0 Å². The van der Waals surface area contributed by atoms with Crippen LogP contribution in [0.15, 0.2) is 97.1 Å². The lowest BCUT2D eigenvalue weighted by atomic mass is 10.00. The van der Waals surface area contributed by atoms with Gasteiger partial charge in [-0.3, -0.25) is 4.79 Å². The fourth-order valence-corrected chi connectivity index (χ4v) is 5.17. The minimum absolute atomic E-state index is 0.0307. The molecule has 0 saturated carbocycles. The van der Waals surface area contributed by atoms with E-state index in [9.17, 15) is 4.79 Å². The average molecular weight is 531 g/mol. The summed E-state index contributed by atoms with van der Waals surface area (Å²) in [4.78, 5) is 17.6. The number of piperazine rings is 1. The van der Waals surface area contributed by atoms with E-state index < -0.39 is 0 Å². The molecular weight excluding hydrogens is 503 g/mol. The third-order valence-electron chi connectivity index (χ3n) is 6.66. The van der Waals surface area contributed by atoms with Gasteiger partial charge < -0.3 is 14.5 Å². The van der Waals surface area contributed by atoms with Gasteiger partial charge in [0.2, 0.25) is 5.91 Å². The summed E-state index contributed by atoms with van der Waals surface area (Å²) >= 11 is 12.8. The van der Waals surface area contributed by atoms with E-state index in [4.69, 9.17) is 27.9 Å². The lowest BCUT2D eigenvalue weighted by molar-refractivity contribution is -0.131. The number of carbonyl (C=O) groups is 1. The Balaban J connectivity index is 1.31. The van der Waals surface area contributed by atoms with Crippen molar-refractivity contribution in [3.8, 4) is 11.5 Å². The van der Waals surface area contributed by atoms with Crippen LogP contribution in [0, 0.1) is 6.92 Å². The zero-order valence-electron chi connectivity index (χ0n) is 20.6. The maximum atomic E-state index is 13.4. The van der Waals surface area contributed by atoms with Gasteiger partial charge in [-0.15, -0.1) is 0 Å². The van der Waals surface area contributed by atoms with Gasteiger partial charge in [0, 0.05) is 24.7 Å². The molecule has 0 radical (unpaired) electrons. The fraction of sp³-hybridized carbons (Fsp3) is 0.194. The van der Waals surface area contributed by atoms with Crippen LogP contribution in [0.5, 0.6) is 11.5 Å². The van der Waals surface area contributed by atoms with Crippen LogP contribution in [-0.2, 0) is 11.2 Å². The summed E-state index contributed by atoms with van der Waals surface area (Å²) in [6.07, 6.45) is 0.338. The van der Waals surface area contributed by atoms with Crippen LogP contribution < -0.4 is 9.64 Å². The molecule has 0 bridgehead atoms. The summed E-state index contributed by atoms with van der Waals surface area (Å²) in [5, 5.41) is 1.41. The van der Waals surface area contributed by atoms with Gasteiger partial charge in [0.25, 0.3) is 0 Å². The number of ether oxygens (including phenoxy) is 1. The van der Waals surface area contributed by atoms with Crippen LogP contribution in [0.1, 0.15) is 22.7 Å². The monoisotopic (exact) mass is 530 g/mol. The van der Waals surface area contributed by atoms with Gasteiger partial charge in [0.1, 0.15) is 11.5 Å². The Kier molecular flexibility index (Phi) is 7.68. The molecule has 0 N–H and O–H groups in total. The lowest BCUT2D eigenvalue weighted by Crippen LogP contribution is -2.51. The molecule has 1 aliphatic heterocycles. The predicted octanol–water partition coefficient (Wildman–Crippen LogP) is 7.73. The summed E-state index contributed by atoms with van der Waals surface area (Å²) in [7, 11) is 0. The second kappa shape index (κ2) is 11.3. The van der Waals surface area contributed by atoms with E-state index in [1.165, 1.54) is 0 Å². The number of hydrogen-bond donors (Lipinski definition) is 0. The predicted molar refractivity (Wildman–Crippen MR) is 151 cm³/mol. The Labute approximate surface area is 228 Å². The Morgan fingerprint density at radius 2 is 1.57 bits per heavy atom. The smallest absolute Gasteiger partial charge is 0.227 e. The van der Waals surface area contributed by atoms with Crippen molar-refractivity contribution in [1.29, 1.82) is 0 Å². The van der Waals surface area contributed by atoms with Crippen molar-refractivity contribution in [2.75, 3.05) is 24.5 Å². The molecule has 37 heavy (non-hydrogen) atoms. The highest BCUT2D eigenvalue weighted by molar-refractivity contribution is 6.33. The van der Waals surface area contributed by atoms with Crippen LogP contribution >= 0.6 is 23.2 Å². The van der Waals surface area contributed by atoms with Gasteiger partial charge in [-0.05, 0) is 72.1 Å². The van der Waals surface area contributed by atoms with Crippen molar-refractivity contribution in [2.24, 2.45) is 0 Å². The minimum atomic E-state index is -0.0307. The number of halogens is 2. The molecule has 1 fully saturated rings. The van der Waals surface area contributed by atoms with E-state index >= 15 is 0 Å². The van der Waals surface area contributed by atoms with Crippen LogP contribution in [0.3, 0.4) is 0 Å². The molecule has 1 heterocycles. The van der Waals surface area contributed by atoms with Crippen LogP contribution in [0.25, 0.3) is 0 Å². The second-order valence-electron chi connectivity index (χ2n) is 9.29. The summed E-state index contributed by atoms with van der Waals surface area (Å²) in [5.41, 5.74) is 4.15. The third-order valence-corrected chi connectivity index (χ3v) is 7.21. The molecule has 4 nitrogen and oxygen atoms in total. The fourth-order valence-electron chi connectivity index (χ4n) is 4.70. The first-order chi connectivity index (χ1) is 18.0. The van der Waals surface area contributed by atoms with E-state index in [2.05, 4.69) is 17.0 Å². The van der Waals surface area contributed by atoms with Crippen molar-refractivity contribution in [3.63, 3.8) is 0 Å². The molecule has 4 aromatic carbocycles. The molecule has 0 aromatic heterocycles. The number of carbonyl (C=O) groups excluding carboxylic acids is 1.